The van der Waals surface area contributed by atoms with Gasteiger partial charge in [-0.2, -0.15) is 0 Å². The van der Waals surface area contributed by atoms with E-state index >= 15 is 0 Å². The van der Waals surface area contributed by atoms with Crippen molar-refractivity contribution >= 4 is 0 Å². The summed E-state index contributed by atoms with van der Waals surface area (Å²) < 4.78 is 22.6. The van der Waals surface area contributed by atoms with Gasteiger partial charge in [0.2, 0.25) is 0 Å². The van der Waals surface area contributed by atoms with Gasteiger partial charge in [-0.3, -0.25) is 0 Å². The smallest absolute Gasteiger partial charge is 0.161 e. The molecule has 4 nitrogen and oxygen atoms in total. The van der Waals surface area contributed by atoms with Crippen molar-refractivity contribution in [2.24, 2.45) is 11.8 Å². The highest BCUT2D eigenvalue weighted by atomic mass is 16.5. The first-order valence-electron chi connectivity index (χ1n) is 10.2. The van der Waals surface area contributed by atoms with Crippen LogP contribution in [0.5, 0.6) is 23.0 Å². The number of rotatable bonds is 4. The summed E-state index contributed by atoms with van der Waals surface area (Å²) in [6, 6.07) is 8.91. The van der Waals surface area contributed by atoms with Crippen LogP contribution in [0.1, 0.15) is 41.5 Å². The minimum absolute atomic E-state index is 0.0576. The molecule has 0 aromatic heterocycles. The molecule has 1 fully saturated rings. The lowest BCUT2D eigenvalue weighted by Gasteiger charge is -2.43. The van der Waals surface area contributed by atoms with Crippen LogP contribution in [0, 0.1) is 11.8 Å². The second-order valence-electron chi connectivity index (χ2n) is 8.33. The number of methoxy groups -OCH3 is 4. The Morgan fingerprint density at radius 3 is 1.43 bits per heavy atom. The fourth-order valence-corrected chi connectivity index (χ4v) is 6.43. The van der Waals surface area contributed by atoms with E-state index in [9.17, 15) is 0 Å². The lowest BCUT2D eigenvalue weighted by molar-refractivity contribution is 0.176. The predicted molar refractivity (Wildman–Crippen MR) is 108 cm³/mol. The molecular weight excluding hydrogens is 352 g/mol. The van der Waals surface area contributed by atoms with Crippen LogP contribution in [0.15, 0.2) is 24.3 Å². The molecule has 0 bridgehead atoms. The summed E-state index contributed by atoms with van der Waals surface area (Å²) in [5, 5.41) is 0. The largest absolute Gasteiger partial charge is 0.493 e. The Labute approximate surface area is 166 Å². The Morgan fingerprint density at radius 2 is 1.04 bits per heavy atom. The van der Waals surface area contributed by atoms with Gasteiger partial charge >= 0.3 is 0 Å². The standard InChI is InChI=1S/C24H28O4/c1-25-20-10-14-8-16-6-5-7-17-9-15-11-21(26-2)23(28-4)13-19(15)24(16,17)18(14)12-22(20)27-3/h10-13,16-17H,5-9H2,1-4H3/t16-,17-,24?/m0/s1. The SMILES string of the molecule is COc1cc2c(cc1OC)C13c4cc(OC)c(OC)cc4C[C@@H]1CCC[C@H]3C2. The number of ether oxygens (including phenoxy) is 4. The molecule has 0 aliphatic heterocycles. The molecule has 3 aliphatic carbocycles. The molecule has 0 radical (unpaired) electrons. The fourth-order valence-electron chi connectivity index (χ4n) is 6.43. The summed E-state index contributed by atoms with van der Waals surface area (Å²) in [5.41, 5.74) is 5.76. The van der Waals surface area contributed by atoms with Gasteiger partial charge in [0.05, 0.1) is 28.4 Å². The van der Waals surface area contributed by atoms with Gasteiger partial charge in [-0.15, -0.1) is 0 Å². The zero-order valence-electron chi connectivity index (χ0n) is 17.1. The van der Waals surface area contributed by atoms with Crippen LogP contribution >= 0.6 is 0 Å². The Morgan fingerprint density at radius 1 is 0.643 bits per heavy atom. The molecule has 2 aromatic carbocycles. The van der Waals surface area contributed by atoms with Crippen LogP contribution in [0.2, 0.25) is 0 Å². The van der Waals surface area contributed by atoms with Gasteiger partial charge in [-0.25, -0.2) is 0 Å². The second kappa shape index (κ2) is 6.33. The van der Waals surface area contributed by atoms with E-state index in [2.05, 4.69) is 24.3 Å². The van der Waals surface area contributed by atoms with Gasteiger partial charge in [0, 0.05) is 5.41 Å². The monoisotopic (exact) mass is 380 g/mol. The van der Waals surface area contributed by atoms with Crippen molar-refractivity contribution in [2.75, 3.05) is 28.4 Å². The van der Waals surface area contributed by atoms with E-state index in [1.165, 1.54) is 41.5 Å². The minimum atomic E-state index is 0.0576. The number of fused-ring (bicyclic) bond motifs is 2. The van der Waals surface area contributed by atoms with E-state index in [4.69, 9.17) is 18.9 Å². The molecule has 28 heavy (non-hydrogen) atoms. The lowest BCUT2D eigenvalue weighted by Crippen LogP contribution is -2.41. The Hall–Kier alpha value is -2.36. The molecular formula is C24H28O4. The van der Waals surface area contributed by atoms with E-state index in [0.29, 0.717) is 11.8 Å². The van der Waals surface area contributed by atoms with E-state index in [1.54, 1.807) is 28.4 Å². The summed E-state index contributed by atoms with van der Waals surface area (Å²) in [4.78, 5) is 0. The van der Waals surface area contributed by atoms with E-state index in [-0.39, 0.29) is 5.41 Å². The zero-order chi connectivity index (χ0) is 19.5. The molecule has 5 rings (SSSR count). The highest BCUT2D eigenvalue weighted by Gasteiger charge is 2.58. The molecule has 1 saturated carbocycles. The third-order valence-corrected chi connectivity index (χ3v) is 7.44. The van der Waals surface area contributed by atoms with Crippen LogP contribution in [0.25, 0.3) is 0 Å². The van der Waals surface area contributed by atoms with Gasteiger partial charge in [0.25, 0.3) is 0 Å². The maximum Gasteiger partial charge on any atom is 0.161 e. The first kappa shape index (κ1) is 17.7. The Balaban J connectivity index is 1.78. The molecule has 1 spiro atoms. The summed E-state index contributed by atoms with van der Waals surface area (Å²) in [5.74, 6) is 4.57. The van der Waals surface area contributed by atoms with Gasteiger partial charge in [-0.1, -0.05) is 6.42 Å². The summed E-state index contributed by atoms with van der Waals surface area (Å²) >= 11 is 0. The minimum Gasteiger partial charge on any atom is -0.493 e. The normalized spacial score (nSPS) is 26.7. The molecule has 4 heteroatoms. The first-order valence-corrected chi connectivity index (χ1v) is 10.2. The van der Waals surface area contributed by atoms with Crippen molar-refractivity contribution in [3.05, 3.63) is 46.5 Å². The average molecular weight is 380 g/mol. The fraction of sp³-hybridized carbons (Fsp3) is 0.500. The van der Waals surface area contributed by atoms with E-state index in [0.717, 1.165) is 35.8 Å². The van der Waals surface area contributed by atoms with Crippen molar-refractivity contribution in [2.45, 2.75) is 37.5 Å². The highest BCUT2D eigenvalue weighted by Crippen LogP contribution is 2.64. The van der Waals surface area contributed by atoms with Crippen LogP contribution in [0.3, 0.4) is 0 Å². The molecule has 2 aromatic rings. The third kappa shape index (κ3) is 2.12. The van der Waals surface area contributed by atoms with Gasteiger partial charge in [-0.05, 0) is 84.0 Å². The molecule has 0 amide bonds. The second-order valence-corrected chi connectivity index (χ2v) is 8.33. The summed E-state index contributed by atoms with van der Waals surface area (Å²) in [7, 11) is 6.89. The van der Waals surface area contributed by atoms with Crippen molar-refractivity contribution < 1.29 is 18.9 Å². The van der Waals surface area contributed by atoms with Crippen molar-refractivity contribution in [1.29, 1.82) is 0 Å². The Kier molecular flexibility index (Phi) is 4.01. The topological polar surface area (TPSA) is 36.9 Å². The van der Waals surface area contributed by atoms with E-state index < -0.39 is 0 Å². The first-order chi connectivity index (χ1) is 13.7. The number of benzene rings is 2. The molecule has 0 N–H and O–H groups in total. The average Bonchev–Trinajstić information content (AvgIpc) is 3.24. The van der Waals surface area contributed by atoms with Gasteiger partial charge in [0.1, 0.15) is 0 Å². The van der Waals surface area contributed by atoms with Crippen molar-refractivity contribution in [1.82, 2.24) is 0 Å². The molecule has 0 unspecified atom stereocenters. The van der Waals surface area contributed by atoms with Crippen LogP contribution in [-0.2, 0) is 18.3 Å². The van der Waals surface area contributed by atoms with Crippen LogP contribution < -0.4 is 18.9 Å². The number of hydrogen-bond donors (Lipinski definition) is 0. The van der Waals surface area contributed by atoms with E-state index in [1.807, 2.05) is 0 Å². The summed E-state index contributed by atoms with van der Waals surface area (Å²) in [6.45, 7) is 0. The Bertz CT molecular complexity index is 857. The predicted octanol–water partition coefficient (Wildman–Crippen LogP) is 4.54. The molecule has 3 aliphatic rings. The zero-order valence-corrected chi connectivity index (χ0v) is 17.1. The molecule has 0 heterocycles. The highest BCUT2D eigenvalue weighted by molar-refractivity contribution is 5.63. The molecule has 0 saturated heterocycles. The number of hydrogen-bond acceptors (Lipinski definition) is 4. The maximum absolute atomic E-state index is 5.69. The van der Waals surface area contributed by atoms with Gasteiger partial charge in [0.15, 0.2) is 23.0 Å². The molecule has 148 valence electrons. The summed E-state index contributed by atoms with van der Waals surface area (Å²) in [6.07, 6.45) is 6.06. The van der Waals surface area contributed by atoms with Crippen molar-refractivity contribution in [3.8, 4) is 23.0 Å². The van der Waals surface area contributed by atoms with Crippen LogP contribution in [-0.4, -0.2) is 28.4 Å². The maximum atomic E-state index is 5.69. The third-order valence-electron chi connectivity index (χ3n) is 7.44. The van der Waals surface area contributed by atoms with Crippen molar-refractivity contribution in [3.63, 3.8) is 0 Å². The lowest BCUT2D eigenvalue weighted by atomic mass is 9.59. The quantitative estimate of drug-likeness (QED) is 0.781. The molecule has 2 atom stereocenters. The van der Waals surface area contributed by atoms with Gasteiger partial charge < -0.3 is 18.9 Å². The van der Waals surface area contributed by atoms with Crippen LogP contribution in [0.4, 0.5) is 0 Å².